The second-order valence-corrected chi connectivity index (χ2v) is 10.3. The third kappa shape index (κ3) is 6.22. The van der Waals surface area contributed by atoms with Crippen molar-refractivity contribution in [2.24, 2.45) is 0 Å². The van der Waals surface area contributed by atoms with E-state index in [2.05, 4.69) is 33.2 Å². The average molecular weight is 592 g/mol. The highest BCUT2D eigenvalue weighted by atomic mass is 79.9. The van der Waals surface area contributed by atoms with Gasteiger partial charge in [0.2, 0.25) is 5.91 Å². The van der Waals surface area contributed by atoms with Crippen molar-refractivity contribution in [3.63, 3.8) is 0 Å². The number of halogens is 1. The van der Waals surface area contributed by atoms with E-state index in [1.807, 2.05) is 22.8 Å². The normalized spacial score (nSPS) is 11.8. The quantitative estimate of drug-likeness (QED) is 0.136. The van der Waals surface area contributed by atoms with Crippen LogP contribution in [0, 0.1) is 0 Å². The van der Waals surface area contributed by atoms with Crippen LogP contribution in [0.4, 0.5) is 5.82 Å². The molecule has 2 heterocycles. The number of benzene rings is 2. The van der Waals surface area contributed by atoms with E-state index in [-0.39, 0.29) is 35.1 Å². The maximum absolute atomic E-state index is 11.6. The molecule has 4 aromatic rings. The Kier molecular flexibility index (Phi) is 8.03. The molecule has 0 aliphatic heterocycles. The van der Waals surface area contributed by atoms with Gasteiger partial charge in [-0.2, -0.15) is 0 Å². The number of rotatable bonds is 10. The van der Waals surface area contributed by atoms with Crippen LogP contribution < -0.4 is 15.6 Å². The molecule has 2 aromatic heterocycles. The molecule has 11 nitrogen and oxygen atoms in total. The van der Waals surface area contributed by atoms with Gasteiger partial charge in [-0.1, -0.05) is 41.4 Å². The maximum atomic E-state index is 11.6. The molecule has 0 fully saturated rings. The zero-order valence-electron chi connectivity index (χ0n) is 20.0. The van der Waals surface area contributed by atoms with E-state index in [9.17, 15) is 24.3 Å². The number of carbonyl (C=O) groups excluding carboxylic acids is 1. The number of phenols is 1. The second kappa shape index (κ2) is 11.1. The van der Waals surface area contributed by atoms with Crippen LogP contribution in [-0.4, -0.2) is 40.7 Å². The number of phosphoric acid groups is 1. The zero-order chi connectivity index (χ0) is 26.7. The number of carbonyl (C=O) groups is 1. The number of aromatic nitrogens is 3. The Morgan fingerprint density at radius 1 is 1.22 bits per heavy atom. The van der Waals surface area contributed by atoms with Gasteiger partial charge in [0.15, 0.2) is 5.82 Å². The molecule has 196 valence electrons. The van der Waals surface area contributed by atoms with Crippen molar-refractivity contribution in [2.75, 3.05) is 11.1 Å². The minimum atomic E-state index is -4.77. The number of amides is 1. The molecule has 6 N–H and O–H groups in total. The number of phosphoric ester groups is 1. The predicted molar refractivity (Wildman–Crippen MR) is 144 cm³/mol. The summed E-state index contributed by atoms with van der Waals surface area (Å²) in [5.74, 6) is 0.737. The van der Waals surface area contributed by atoms with Crippen molar-refractivity contribution in [1.29, 1.82) is 0 Å². The molecule has 2 aromatic carbocycles. The Morgan fingerprint density at radius 3 is 2.70 bits per heavy atom. The first kappa shape index (κ1) is 26.9. The zero-order valence-corrected chi connectivity index (χ0v) is 22.5. The maximum Gasteiger partial charge on any atom is 0.524 e. The van der Waals surface area contributed by atoms with Gasteiger partial charge in [0, 0.05) is 23.9 Å². The Labute approximate surface area is 221 Å². The summed E-state index contributed by atoms with van der Waals surface area (Å²) < 4.78 is 18.0. The third-order valence-corrected chi connectivity index (χ3v) is 6.77. The third-order valence-electron chi connectivity index (χ3n) is 5.82. The summed E-state index contributed by atoms with van der Waals surface area (Å²) in [6.07, 6.45) is 2.47. The standard InChI is InChI=1S/C24H27BrN5O6P/c1-2-3-4-20-29-22-23(30(20)13-15-10-16(6-8-19(15)31)36-37(33,34)35)17-7-5-14(12-27-21(32)11-25)9-18(17)28-24(22)26/h5-10,31H,2-4,11-13H2,1H3,(H2,26,28)(H,27,32)(H2,33,34,35). The number of nitrogens with one attached hydrogen (secondary N) is 1. The molecular weight excluding hydrogens is 565 g/mol. The van der Waals surface area contributed by atoms with Crippen LogP contribution in [0.25, 0.3) is 21.9 Å². The number of unbranched alkanes of at least 4 members (excludes halogenated alkanes) is 1. The van der Waals surface area contributed by atoms with Crippen molar-refractivity contribution in [3.05, 3.63) is 53.3 Å². The van der Waals surface area contributed by atoms with Gasteiger partial charge in [0.25, 0.3) is 0 Å². The fourth-order valence-corrected chi connectivity index (χ4v) is 4.70. The smallest absolute Gasteiger partial charge is 0.508 e. The van der Waals surface area contributed by atoms with Crippen molar-refractivity contribution >= 4 is 57.4 Å². The summed E-state index contributed by atoms with van der Waals surface area (Å²) in [5, 5.41) is 14.3. The second-order valence-electron chi connectivity index (χ2n) is 8.55. The predicted octanol–water partition coefficient (Wildman–Crippen LogP) is 3.75. The topological polar surface area (TPSA) is 173 Å². The number of nitrogen functional groups attached to an aromatic ring is 1. The monoisotopic (exact) mass is 591 g/mol. The number of pyridine rings is 1. The van der Waals surface area contributed by atoms with Gasteiger partial charge in [-0.15, -0.1) is 0 Å². The first-order chi connectivity index (χ1) is 17.6. The number of nitrogens with two attached hydrogens (primary N) is 1. The molecule has 0 spiro atoms. The summed E-state index contributed by atoms with van der Waals surface area (Å²) in [6.45, 7) is 2.56. The minimum Gasteiger partial charge on any atom is -0.508 e. The summed E-state index contributed by atoms with van der Waals surface area (Å²) in [6, 6.07) is 9.65. The van der Waals surface area contributed by atoms with Gasteiger partial charge in [-0.3, -0.25) is 14.6 Å². The summed E-state index contributed by atoms with van der Waals surface area (Å²) in [5.41, 5.74) is 9.45. The van der Waals surface area contributed by atoms with Crippen LogP contribution >= 0.6 is 23.8 Å². The number of hydrogen-bond donors (Lipinski definition) is 5. The molecule has 0 aliphatic rings. The van der Waals surface area contributed by atoms with E-state index < -0.39 is 7.82 Å². The van der Waals surface area contributed by atoms with Gasteiger partial charge < -0.3 is 25.2 Å². The minimum absolute atomic E-state index is 0.0579. The molecule has 0 atom stereocenters. The van der Waals surface area contributed by atoms with Crippen LogP contribution in [0.15, 0.2) is 36.4 Å². The first-order valence-corrected chi connectivity index (χ1v) is 14.2. The van der Waals surface area contributed by atoms with E-state index in [1.165, 1.54) is 18.2 Å². The van der Waals surface area contributed by atoms with E-state index in [4.69, 9.17) is 15.2 Å². The molecule has 0 bridgehead atoms. The highest BCUT2D eigenvalue weighted by Gasteiger charge is 2.21. The molecule has 0 aliphatic carbocycles. The van der Waals surface area contributed by atoms with Crippen molar-refractivity contribution < 1.29 is 28.8 Å². The summed E-state index contributed by atoms with van der Waals surface area (Å²) in [4.78, 5) is 39.3. The van der Waals surface area contributed by atoms with Gasteiger partial charge in [0.05, 0.1) is 22.9 Å². The van der Waals surface area contributed by atoms with Crippen LogP contribution in [0.5, 0.6) is 11.5 Å². The van der Waals surface area contributed by atoms with Crippen molar-refractivity contribution in [3.8, 4) is 11.5 Å². The van der Waals surface area contributed by atoms with Gasteiger partial charge in [-0.05, 0) is 36.2 Å². The molecule has 13 heteroatoms. The largest absolute Gasteiger partial charge is 0.524 e. The first-order valence-electron chi connectivity index (χ1n) is 11.6. The van der Waals surface area contributed by atoms with Gasteiger partial charge in [-0.25, -0.2) is 14.5 Å². The lowest BCUT2D eigenvalue weighted by molar-refractivity contribution is -0.118. The van der Waals surface area contributed by atoms with Crippen molar-refractivity contribution in [2.45, 2.75) is 39.3 Å². The van der Waals surface area contributed by atoms with Gasteiger partial charge >= 0.3 is 7.82 Å². The number of aryl methyl sites for hydroxylation is 1. The number of imidazole rings is 1. The van der Waals surface area contributed by atoms with E-state index in [0.717, 1.165) is 35.1 Å². The fourth-order valence-electron chi connectivity index (χ4n) is 4.11. The molecule has 0 saturated heterocycles. The van der Waals surface area contributed by atoms with Crippen LogP contribution in [-0.2, 0) is 28.9 Å². The molecular formula is C24H27BrN5O6P. The van der Waals surface area contributed by atoms with Gasteiger partial charge in [0.1, 0.15) is 22.8 Å². The van der Waals surface area contributed by atoms with E-state index >= 15 is 0 Å². The number of fused-ring (bicyclic) bond motifs is 3. The highest BCUT2D eigenvalue weighted by Crippen LogP contribution is 2.39. The Morgan fingerprint density at radius 2 is 2.00 bits per heavy atom. The van der Waals surface area contributed by atoms with Crippen molar-refractivity contribution in [1.82, 2.24) is 19.9 Å². The average Bonchev–Trinajstić information content (AvgIpc) is 3.21. The Hall–Kier alpha value is -3.18. The van der Waals surface area contributed by atoms with E-state index in [1.54, 1.807) is 0 Å². The lowest BCUT2D eigenvalue weighted by Crippen LogP contribution is -2.23. The molecule has 0 saturated carbocycles. The summed E-state index contributed by atoms with van der Waals surface area (Å²) in [7, 11) is -4.77. The number of aromatic hydroxyl groups is 1. The molecule has 0 radical (unpaired) electrons. The number of phenolic OH excluding ortho intramolecular Hbond substituents is 1. The lowest BCUT2D eigenvalue weighted by Gasteiger charge is -2.14. The number of anilines is 1. The molecule has 4 rings (SSSR count). The van der Waals surface area contributed by atoms with Crippen LogP contribution in [0.1, 0.15) is 36.7 Å². The number of alkyl halides is 1. The molecule has 1 amide bonds. The molecule has 0 unspecified atom stereocenters. The lowest BCUT2D eigenvalue weighted by atomic mass is 10.1. The van der Waals surface area contributed by atoms with Crippen LogP contribution in [0.2, 0.25) is 0 Å². The highest BCUT2D eigenvalue weighted by molar-refractivity contribution is 9.09. The number of nitrogens with zero attached hydrogens (tertiary/aromatic N) is 3. The Bertz CT molecular complexity index is 1520. The fraction of sp³-hybridized carbons (Fsp3) is 0.292. The number of hydrogen-bond acceptors (Lipinski definition) is 7. The SMILES string of the molecule is CCCCc1nc2c(N)nc3cc(CNC(=O)CBr)ccc3c2n1Cc1cc(OP(=O)(O)O)ccc1O. The van der Waals surface area contributed by atoms with Crippen LogP contribution in [0.3, 0.4) is 0 Å². The molecule has 37 heavy (non-hydrogen) atoms. The Balaban J connectivity index is 1.84. The summed E-state index contributed by atoms with van der Waals surface area (Å²) >= 11 is 3.13. The van der Waals surface area contributed by atoms with E-state index in [0.29, 0.717) is 29.6 Å².